The first kappa shape index (κ1) is 42.6. The zero-order chi connectivity index (χ0) is 40.6. The molecule has 0 radical (unpaired) electrons. The Morgan fingerprint density at radius 3 is 1.91 bits per heavy atom. The summed E-state index contributed by atoms with van der Waals surface area (Å²) >= 11 is 0. The second-order valence-electron chi connectivity index (χ2n) is 13.6. The van der Waals surface area contributed by atoms with Gasteiger partial charge in [0.05, 0.1) is 39.9 Å². The molecule has 0 aliphatic carbocycles. The number of alkyl halides is 3. The molecule has 1 fully saturated rings. The molecule has 1 unspecified atom stereocenters. The van der Waals surface area contributed by atoms with Gasteiger partial charge in [-0.05, 0) is 68.7 Å². The maximum absolute atomic E-state index is 15.5. The normalized spacial score (nSPS) is 19.3. The SMILES string of the molecule is COc1ccc(C(OC[C@H]2O[C@@H](n3ccc(=O)[nH]c3=O)[C@H](C(F)(F)F)[C@@H]2OP(OCCC#N)N(C(C)C)C(C)C)(c2ccccc2)c2ccc(OC)cc2)cc1. The van der Waals surface area contributed by atoms with Crippen LogP contribution in [0, 0.1) is 17.2 Å². The van der Waals surface area contributed by atoms with Gasteiger partial charge in [-0.25, -0.2) is 9.46 Å². The van der Waals surface area contributed by atoms with Gasteiger partial charge in [-0.1, -0.05) is 54.6 Å². The van der Waals surface area contributed by atoms with E-state index in [1.807, 2.05) is 93.3 Å². The largest absolute Gasteiger partial charge is 0.497 e. The maximum Gasteiger partial charge on any atom is 0.398 e. The molecule has 0 saturated carbocycles. The fraction of sp³-hybridized carbons (Fsp3) is 0.425. The number of hydrogen-bond acceptors (Lipinski definition) is 10. The van der Waals surface area contributed by atoms with Crippen molar-refractivity contribution in [2.45, 2.75) is 76.4 Å². The van der Waals surface area contributed by atoms with E-state index in [2.05, 4.69) is 0 Å². The molecular weight excluding hydrogens is 752 g/mol. The van der Waals surface area contributed by atoms with Gasteiger partial charge < -0.3 is 28.0 Å². The summed E-state index contributed by atoms with van der Waals surface area (Å²) < 4.78 is 85.7. The Morgan fingerprint density at radius 2 is 1.43 bits per heavy atom. The van der Waals surface area contributed by atoms with Crippen LogP contribution in [-0.4, -0.2) is 72.1 Å². The highest BCUT2D eigenvalue weighted by Crippen LogP contribution is 2.55. The van der Waals surface area contributed by atoms with Gasteiger partial charge in [0.2, 0.25) is 0 Å². The van der Waals surface area contributed by atoms with Crippen LogP contribution in [-0.2, 0) is 24.1 Å². The van der Waals surface area contributed by atoms with Crippen molar-refractivity contribution in [1.82, 2.24) is 14.2 Å². The number of hydrogen-bond donors (Lipinski definition) is 1. The number of benzene rings is 3. The van der Waals surface area contributed by atoms with Crippen LogP contribution in [0.4, 0.5) is 13.2 Å². The molecule has 3 aromatic carbocycles. The number of H-pyrrole nitrogens is 1. The third-order valence-electron chi connectivity index (χ3n) is 9.36. The number of nitrogens with one attached hydrogen (secondary N) is 1. The zero-order valence-electron chi connectivity index (χ0n) is 31.9. The van der Waals surface area contributed by atoms with Crippen LogP contribution in [0.2, 0.25) is 0 Å². The standard InChI is InChI=1S/C40H46F3N4O8P/c1-26(2)47(27(3)4)56(53-24-10-22-44)55-36-33(54-37(35(36)40(41,42)43)46-23-21-34(48)45-38(46)49)25-52-39(28-11-8-7-9-12-28,29-13-17-31(50-5)18-14-29)30-15-19-32(51-6)20-16-30/h7-9,11-21,23,26-27,33,35-37H,10,24-25H2,1-6H3,(H,45,48,49)/t33-,35-,36-,37-,56?/m1/s1. The first-order valence-electron chi connectivity index (χ1n) is 18.0. The van der Waals surface area contributed by atoms with Crippen molar-refractivity contribution in [3.63, 3.8) is 0 Å². The molecule has 0 amide bonds. The van der Waals surface area contributed by atoms with Crippen molar-refractivity contribution in [2.75, 3.05) is 27.4 Å². The van der Waals surface area contributed by atoms with Gasteiger partial charge in [-0.3, -0.25) is 14.3 Å². The van der Waals surface area contributed by atoms with E-state index < -0.39 is 62.5 Å². The Kier molecular flexibility index (Phi) is 14.1. The quantitative estimate of drug-likeness (QED) is 0.0659. The predicted molar refractivity (Wildman–Crippen MR) is 203 cm³/mol. The maximum atomic E-state index is 15.5. The summed E-state index contributed by atoms with van der Waals surface area (Å²) in [5, 5.41) is 9.27. The zero-order valence-corrected chi connectivity index (χ0v) is 32.8. The molecule has 1 N–H and O–H groups in total. The van der Waals surface area contributed by atoms with E-state index in [0.717, 1.165) is 12.3 Å². The Morgan fingerprint density at radius 1 is 0.875 bits per heavy atom. The number of halogens is 3. The van der Waals surface area contributed by atoms with E-state index in [9.17, 15) is 14.9 Å². The molecule has 16 heteroatoms. The lowest BCUT2D eigenvalue weighted by Gasteiger charge is -2.39. The average Bonchev–Trinajstić information content (AvgIpc) is 3.53. The number of aromatic nitrogens is 2. The topological polar surface area (TPSA) is 137 Å². The Hall–Kier alpha value is -4.55. The molecule has 0 bridgehead atoms. The molecule has 300 valence electrons. The summed E-state index contributed by atoms with van der Waals surface area (Å²) in [7, 11) is 0.842. The van der Waals surface area contributed by atoms with Gasteiger partial charge in [0.25, 0.3) is 14.1 Å². The minimum Gasteiger partial charge on any atom is -0.497 e. The lowest BCUT2D eigenvalue weighted by atomic mass is 9.80. The minimum atomic E-state index is -4.99. The molecule has 4 aromatic rings. The van der Waals surface area contributed by atoms with Crippen LogP contribution >= 0.6 is 8.53 Å². The van der Waals surface area contributed by atoms with E-state index in [0.29, 0.717) is 32.8 Å². The lowest BCUT2D eigenvalue weighted by Crippen LogP contribution is -2.44. The Balaban J connectivity index is 1.69. The second-order valence-corrected chi connectivity index (χ2v) is 15.0. The first-order valence-corrected chi connectivity index (χ1v) is 19.1. The summed E-state index contributed by atoms with van der Waals surface area (Å²) in [5.41, 5.74) is -1.42. The number of methoxy groups -OCH3 is 2. The van der Waals surface area contributed by atoms with Crippen LogP contribution in [0.5, 0.6) is 11.5 Å². The molecule has 1 aromatic heterocycles. The fourth-order valence-corrected chi connectivity index (χ4v) is 8.68. The third kappa shape index (κ3) is 9.35. The Bertz CT molecular complexity index is 1970. The van der Waals surface area contributed by atoms with Crippen LogP contribution in [0.1, 0.15) is 57.0 Å². The summed E-state index contributed by atoms with van der Waals surface area (Å²) in [5.74, 6) is -1.28. The summed E-state index contributed by atoms with van der Waals surface area (Å²) in [6, 6.07) is 25.9. The molecule has 0 spiro atoms. The average molecular weight is 799 g/mol. The molecule has 1 aliphatic heterocycles. The molecule has 1 saturated heterocycles. The van der Waals surface area contributed by atoms with Crippen molar-refractivity contribution >= 4 is 8.53 Å². The van der Waals surface area contributed by atoms with E-state index >= 15 is 13.2 Å². The molecule has 56 heavy (non-hydrogen) atoms. The number of nitrogens with zero attached hydrogens (tertiary/aromatic N) is 3. The van der Waals surface area contributed by atoms with Gasteiger partial charge in [-0.15, -0.1) is 0 Å². The van der Waals surface area contributed by atoms with Gasteiger partial charge in [0, 0.05) is 24.3 Å². The summed E-state index contributed by atoms with van der Waals surface area (Å²) in [6.07, 6.45) is -9.27. The van der Waals surface area contributed by atoms with Crippen LogP contribution in [0.25, 0.3) is 0 Å². The summed E-state index contributed by atoms with van der Waals surface area (Å²) in [6.45, 7) is 6.86. The highest BCUT2D eigenvalue weighted by Gasteiger charge is 2.61. The molecule has 1 aliphatic rings. The van der Waals surface area contributed by atoms with Crippen molar-refractivity contribution in [3.8, 4) is 17.6 Å². The Labute approximate surface area is 324 Å². The number of rotatable bonds is 17. The monoisotopic (exact) mass is 798 g/mol. The first-order chi connectivity index (χ1) is 26.7. The number of nitriles is 1. The number of ether oxygens (including phenoxy) is 4. The van der Waals surface area contributed by atoms with Gasteiger partial charge in [0.15, 0.2) is 6.23 Å². The highest BCUT2D eigenvalue weighted by atomic mass is 31.2. The van der Waals surface area contributed by atoms with Gasteiger partial charge >= 0.3 is 11.9 Å². The highest BCUT2D eigenvalue weighted by molar-refractivity contribution is 7.44. The van der Waals surface area contributed by atoms with Crippen molar-refractivity contribution in [1.29, 1.82) is 5.26 Å². The molecule has 2 heterocycles. The smallest absolute Gasteiger partial charge is 0.398 e. The molecule has 5 atom stereocenters. The second kappa shape index (κ2) is 18.6. The van der Waals surface area contributed by atoms with Crippen LogP contribution in [0.15, 0.2) is 101 Å². The van der Waals surface area contributed by atoms with E-state index in [4.69, 9.17) is 28.0 Å². The lowest BCUT2D eigenvalue weighted by molar-refractivity contribution is -0.210. The predicted octanol–water partition coefficient (Wildman–Crippen LogP) is 7.30. The summed E-state index contributed by atoms with van der Waals surface area (Å²) in [4.78, 5) is 27.1. The van der Waals surface area contributed by atoms with Crippen LogP contribution < -0.4 is 20.7 Å². The van der Waals surface area contributed by atoms with Crippen molar-refractivity contribution in [3.05, 3.63) is 129 Å². The van der Waals surface area contributed by atoms with Crippen molar-refractivity contribution in [2.24, 2.45) is 5.92 Å². The van der Waals surface area contributed by atoms with Gasteiger partial charge in [0.1, 0.15) is 35.2 Å². The van der Waals surface area contributed by atoms with Gasteiger partial charge in [-0.2, -0.15) is 18.4 Å². The minimum absolute atomic E-state index is 0.0264. The fourth-order valence-electron chi connectivity index (χ4n) is 6.90. The number of aromatic amines is 1. The third-order valence-corrected chi connectivity index (χ3v) is 11.5. The van der Waals surface area contributed by atoms with E-state index in [1.54, 1.807) is 28.9 Å². The molecule has 5 rings (SSSR count). The van der Waals surface area contributed by atoms with Crippen molar-refractivity contribution < 1.29 is 41.2 Å². The van der Waals surface area contributed by atoms with E-state index in [1.165, 1.54) is 14.2 Å². The van der Waals surface area contributed by atoms with Crippen LogP contribution in [0.3, 0.4) is 0 Å². The van der Waals surface area contributed by atoms with E-state index in [-0.39, 0.29) is 25.1 Å². The molecule has 12 nitrogen and oxygen atoms in total. The molecular formula is C40H46F3N4O8P.